The van der Waals surface area contributed by atoms with E-state index < -0.39 is 0 Å². The number of hydrogen-bond donors (Lipinski definition) is 0. The highest BCUT2D eigenvalue weighted by molar-refractivity contribution is 6.34. The molecule has 0 bridgehead atoms. The van der Waals surface area contributed by atoms with Gasteiger partial charge in [-0.05, 0) is 30.3 Å². The van der Waals surface area contributed by atoms with Gasteiger partial charge >= 0.3 is 0 Å². The quantitative estimate of drug-likeness (QED) is 0.468. The Bertz CT molecular complexity index is 1100. The van der Waals surface area contributed by atoms with E-state index in [2.05, 4.69) is 16.5 Å². The number of fused-ring (bicyclic) bond motifs is 1. The predicted molar refractivity (Wildman–Crippen MR) is 121 cm³/mol. The number of aromatic nitrogens is 1. The number of nitrogens with zero attached hydrogens (tertiary/aromatic N) is 3. The smallest absolute Gasteiger partial charge is 0.263 e. The number of hydrogen-bond acceptors (Lipinski definition) is 4. The fraction of sp³-hybridized carbons (Fsp3) is 0.130. The van der Waals surface area contributed by atoms with Crippen LogP contribution in [0.25, 0.3) is 0 Å². The Labute approximate surface area is 185 Å². The molecule has 0 atom stereocenters. The van der Waals surface area contributed by atoms with Gasteiger partial charge in [0.25, 0.3) is 5.91 Å². The molecule has 7 heteroatoms. The molecular weight excluding hydrogens is 421 g/mol. The minimum atomic E-state index is -0.193. The first-order valence-electron chi connectivity index (χ1n) is 9.42. The van der Waals surface area contributed by atoms with E-state index in [9.17, 15) is 4.79 Å². The van der Waals surface area contributed by atoms with Crippen molar-refractivity contribution in [3.63, 3.8) is 0 Å². The van der Waals surface area contributed by atoms with Crippen molar-refractivity contribution in [2.75, 3.05) is 29.4 Å². The lowest BCUT2D eigenvalue weighted by Gasteiger charge is -2.37. The Morgan fingerprint density at radius 2 is 1.90 bits per heavy atom. The fourth-order valence-electron chi connectivity index (χ4n) is 3.43. The topological polar surface area (TPSA) is 45.7 Å². The van der Waals surface area contributed by atoms with Gasteiger partial charge in [0.2, 0.25) is 0 Å². The van der Waals surface area contributed by atoms with E-state index in [-0.39, 0.29) is 5.91 Å². The summed E-state index contributed by atoms with van der Waals surface area (Å²) in [6.45, 7) is 5.78. The lowest BCUT2D eigenvalue weighted by atomic mass is 10.1. The van der Waals surface area contributed by atoms with E-state index in [1.54, 1.807) is 35.4 Å². The van der Waals surface area contributed by atoms with Gasteiger partial charge in [0.05, 0.1) is 16.4 Å². The van der Waals surface area contributed by atoms with Crippen LogP contribution >= 0.6 is 23.2 Å². The molecule has 1 aromatic heterocycles. The van der Waals surface area contributed by atoms with Crippen molar-refractivity contribution in [3.05, 3.63) is 89.2 Å². The number of amides is 1. The van der Waals surface area contributed by atoms with E-state index in [4.69, 9.17) is 27.9 Å². The fourth-order valence-corrected chi connectivity index (χ4v) is 3.75. The number of benzene rings is 2. The van der Waals surface area contributed by atoms with Crippen molar-refractivity contribution in [2.45, 2.75) is 0 Å². The normalized spacial score (nSPS) is 13.0. The summed E-state index contributed by atoms with van der Waals surface area (Å²) in [6.07, 6.45) is 4.94. The first-order valence-corrected chi connectivity index (χ1v) is 10.2. The molecule has 3 aromatic rings. The molecule has 152 valence electrons. The molecule has 0 fully saturated rings. The van der Waals surface area contributed by atoms with E-state index >= 15 is 0 Å². The zero-order chi connectivity index (χ0) is 21.1. The minimum absolute atomic E-state index is 0.193. The van der Waals surface area contributed by atoms with Gasteiger partial charge in [-0.1, -0.05) is 41.4 Å². The molecule has 1 aliphatic heterocycles. The zero-order valence-electron chi connectivity index (χ0n) is 16.1. The van der Waals surface area contributed by atoms with Gasteiger partial charge in [0.15, 0.2) is 0 Å². The number of carbonyl (C=O) groups excluding carboxylic acids is 1. The summed E-state index contributed by atoms with van der Waals surface area (Å²) in [5.41, 5.74) is 2.17. The maximum atomic E-state index is 13.5. The second kappa shape index (κ2) is 8.78. The third kappa shape index (κ3) is 3.99. The summed E-state index contributed by atoms with van der Waals surface area (Å²) >= 11 is 12.3. The summed E-state index contributed by atoms with van der Waals surface area (Å²) in [4.78, 5) is 21.6. The third-order valence-electron chi connectivity index (χ3n) is 4.83. The molecule has 1 aliphatic rings. The molecule has 5 nitrogen and oxygen atoms in total. The van der Waals surface area contributed by atoms with Gasteiger partial charge in [0.1, 0.15) is 17.1 Å². The first-order chi connectivity index (χ1) is 14.6. The van der Waals surface area contributed by atoms with Crippen LogP contribution in [0.1, 0.15) is 10.4 Å². The monoisotopic (exact) mass is 439 g/mol. The Balaban J connectivity index is 1.68. The standard InChI is InChI=1S/C23H19Cl2N3O2/c1-2-11-27-12-13-28(20-6-4-3-5-19(20)27)23(29)17-15-26-10-9-21(17)30-22-14-16(24)7-8-18(22)25/h2-10,14-15H,1,11-13H2. The summed E-state index contributed by atoms with van der Waals surface area (Å²) in [7, 11) is 0. The molecule has 0 aliphatic carbocycles. The highest BCUT2D eigenvalue weighted by atomic mass is 35.5. The van der Waals surface area contributed by atoms with Crippen LogP contribution in [0.3, 0.4) is 0 Å². The van der Waals surface area contributed by atoms with Crippen molar-refractivity contribution in [3.8, 4) is 11.5 Å². The van der Waals surface area contributed by atoms with Crippen molar-refractivity contribution in [1.29, 1.82) is 0 Å². The SMILES string of the molecule is C=CCN1CCN(C(=O)c2cnccc2Oc2cc(Cl)ccc2Cl)c2ccccc21. The molecule has 0 spiro atoms. The summed E-state index contributed by atoms with van der Waals surface area (Å²) in [5, 5.41) is 0.890. The van der Waals surface area contributed by atoms with Crippen LogP contribution in [0.2, 0.25) is 10.0 Å². The van der Waals surface area contributed by atoms with Crippen LogP contribution in [-0.2, 0) is 0 Å². The summed E-state index contributed by atoms with van der Waals surface area (Å²) in [6, 6.07) is 14.4. The molecule has 4 rings (SSSR count). The first kappa shape index (κ1) is 20.3. The molecular formula is C23H19Cl2N3O2. The number of anilines is 2. The lowest BCUT2D eigenvalue weighted by Crippen LogP contribution is -2.44. The van der Waals surface area contributed by atoms with Gasteiger partial charge < -0.3 is 14.5 Å². The van der Waals surface area contributed by atoms with Crippen LogP contribution in [0.5, 0.6) is 11.5 Å². The third-order valence-corrected chi connectivity index (χ3v) is 5.37. The average Bonchev–Trinajstić information content (AvgIpc) is 2.77. The largest absolute Gasteiger partial charge is 0.455 e. The Morgan fingerprint density at radius 3 is 2.70 bits per heavy atom. The van der Waals surface area contributed by atoms with Gasteiger partial charge in [-0.15, -0.1) is 6.58 Å². The minimum Gasteiger partial charge on any atom is -0.455 e. The predicted octanol–water partition coefficient (Wildman–Crippen LogP) is 5.83. The van der Waals surface area contributed by atoms with E-state index in [0.29, 0.717) is 46.7 Å². The molecule has 1 amide bonds. The van der Waals surface area contributed by atoms with E-state index in [0.717, 1.165) is 11.4 Å². The highest BCUT2D eigenvalue weighted by Crippen LogP contribution is 2.36. The number of ether oxygens (including phenoxy) is 1. The Kier molecular flexibility index (Phi) is 5.93. The number of pyridine rings is 1. The summed E-state index contributed by atoms with van der Waals surface area (Å²) in [5.74, 6) is 0.549. The van der Waals surface area contributed by atoms with Crippen molar-refractivity contribution in [2.24, 2.45) is 0 Å². The van der Waals surface area contributed by atoms with Gasteiger partial charge in [-0.25, -0.2) is 0 Å². The maximum absolute atomic E-state index is 13.5. The van der Waals surface area contributed by atoms with Gasteiger partial charge in [-0.3, -0.25) is 9.78 Å². The number of para-hydroxylation sites is 2. The maximum Gasteiger partial charge on any atom is 0.263 e. The average molecular weight is 440 g/mol. The lowest BCUT2D eigenvalue weighted by molar-refractivity contribution is 0.0984. The van der Waals surface area contributed by atoms with Crippen LogP contribution in [0, 0.1) is 0 Å². The molecule has 2 heterocycles. The van der Waals surface area contributed by atoms with E-state index in [1.165, 1.54) is 6.20 Å². The molecule has 0 saturated carbocycles. The highest BCUT2D eigenvalue weighted by Gasteiger charge is 2.28. The van der Waals surface area contributed by atoms with Gasteiger partial charge in [-0.2, -0.15) is 0 Å². The number of halogens is 2. The molecule has 30 heavy (non-hydrogen) atoms. The second-order valence-electron chi connectivity index (χ2n) is 6.73. The van der Waals surface area contributed by atoms with Crippen LogP contribution in [0.15, 0.2) is 73.6 Å². The molecule has 0 saturated heterocycles. The van der Waals surface area contributed by atoms with Crippen LogP contribution < -0.4 is 14.5 Å². The summed E-state index contributed by atoms with van der Waals surface area (Å²) < 4.78 is 5.95. The zero-order valence-corrected chi connectivity index (χ0v) is 17.6. The number of rotatable bonds is 5. The van der Waals surface area contributed by atoms with Crippen molar-refractivity contribution in [1.82, 2.24) is 4.98 Å². The molecule has 2 aromatic carbocycles. The van der Waals surface area contributed by atoms with Gasteiger partial charge in [0, 0.05) is 43.1 Å². The molecule has 0 N–H and O–H groups in total. The van der Waals surface area contributed by atoms with E-state index in [1.807, 2.05) is 30.3 Å². The van der Waals surface area contributed by atoms with Crippen molar-refractivity contribution >= 4 is 40.5 Å². The second-order valence-corrected chi connectivity index (χ2v) is 7.57. The molecule has 0 radical (unpaired) electrons. The van der Waals surface area contributed by atoms with Crippen molar-refractivity contribution < 1.29 is 9.53 Å². The number of carbonyl (C=O) groups is 1. The Hall–Kier alpha value is -3.02. The Morgan fingerprint density at radius 1 is 1.10 bits per heavy atom. The van der Waals surface area contributed by atoms with Crippen LogP contribution in [0.4, 0.5) is 11.4 Å². The molecule has 0 unspecified atom stereocenters. The van der Waals surface area contributed by atoms with Crippen LogP contribution in [-0.4, -0.2) is 30.5 Å².